The van der Waals surface area contributed by atoms with Gasteiger partial charge in [-0.3, -0.25) is 0 Å². The van der Waals surface area contributed by atoms with Crippen LogP contribution in [0.4, 0.5) is 0 Å². The summed E-state index contributed by atoms with van der Waals surface area (Å²) >= 11 is 0. The average molecular weight is 382 g/mol. The van der Waals surface area contributed by atoms with Crippen LogP contribution in [-0.4, -0.2) is 24.9 Å². The van der Waals surface area contributed by atoms with E-state index in [1.807, 2.05) is 30.3 Å². The maximum absolute atomic E-state index is 8.76. The molecule has 0 unspecified atom stereocenters. The largest absolute Gasteiger partial charge is 0.494 e. The number of ether oxygens (including phenoxy) is 2. The number of fused-ring (bicyclic) bond motifs is 1. The minimum Gasteiger partial charge on any atom is -0.494 e. The van der Waals surface area contributed by atoms with Crippen molar-refractivity contribution >= 4 is 11.8 Å². The zero-order valence-corrected chi connectivity index (χ0v) is 16.5. The van der Waals surface area contributed by atoms with Crippen molar-refractivity contribution in [3.63, 3.8) is 0 Å². The van der Waals surface area contributed by atoms with E-state index in [0.29, 0.717) is 6.61 Å². The summed E-state index contributed by atoms with van der Waals surface area (Å²) in [5.74, 6) is 1.85. The van der Waals surface area contributed by atoms with Crippen molar-refractivity contribution in [3.05, 3.63) is 59.2 Å². The van der Waals surface area contributed by atoms with Gasteiger partial charge in [0.25, 0.3) is 0 Å². The van der Waals surface area contributed by atoms with Gasteiger partial charge in [0, 0.05) is 18.7 Å². The average Bonchev–Trinajstić information content (AvgIpc) is 3.18. The van der Waals surface area contributed by atoms with Crippen LogP contribution in [0.15, 0.2) is 42.5 Å². The molecule has 0 atom stereocenters. The number of unbranched alkanes of at least 4 members (excludes halogenated alkanes) is 5. The van der Waals surface area contributed by atoms with Crippen molar-refractivity contribution in [2.24, 2.45) is 5.73 Å². The first-order valence-electron chi connectivity index (χ1n) is 10.3. The van der Waals surface area contributed by atoms with Crippen LogP contribution in [0.1, 0.15) is 55.2 Å². The molecule has 0 bridgehead atoms. The van der Waals surface area contributed by atoms with E-state index in [2.05, 4.69) is 18.2 Å². The summed E-state index contributed by atoms with van der Waals surface area (Å²) in [5, 5.41) is 8.76. The zero-order chi connectivity index (χ0) is 19.6. The number of hydrogen-bond donors (Lipinski definition) is 2. The molecule has 1 aliphatic rings. The van der Waals surface area contributed by atoms with Gasteiger partial charge >= 0.3 is 0 Å². The smallest absolute Gasteiger partial charge is 0.123 e. The van der Waals surface area contributed by atoms with Crippen LogP contribution in [0.3, 0.4) is 0 Å². The Balaban J connectivity index is 1.44. The number of nitrogens with two attached hydrogens (primary N) is 1. The lowest BCUT2D eigenvalue weighted by Crippen LogP contribution is -1.99. The molecule has 150 valence electrons. The van der Waals surface area contributed by atoms with Crippen LogP contribution < -0.4 is 15.2 Å². The molecule has 2 aromatic rings. The summed E-state index contributed by atoms with van der Waals surface area (Å²) in [6.45, 7) is 1.81. The summed E-state index contributed by atoms with van der Waals surface area (Å²) in [6.07, 6.45) is 9.63. The lowest BCUT2D eigenvalue weighted by Gasteiger charge is -2.08. The summed E-state index contributed by atoms with van der Waals surface area (Å²) in [7, 11) is 0. The third kappa shape index (κ3) is 6.03. The normalized spacial score (nSPS) is 13.2. The predicted molar refractivity (Wildman–Crippen MR) is 114 cm³/mol. The van der Waals surface area contributed by atoms with Crippen molar-refractivity contribution in [3.8, 4) is 11.5 Å². The van der Waals surface area contributed by atoms with Crippen molar-refractivity contribution in [1.82, 2.24) is 0 Å². The zero-order valence-electron chi connectivity index (χ0n) is 16.5. The highest BCUT2D eigenvalue weighted by molar-refractivity contribution is 5.80. The molecule has 28 heavy (non-hydrogen) atoms. The number of aliphatic hydroxyl groups excluding tert-OH is 1. The van der Waals surface area contributed by atoms with Gasteiger partial charge in [0.05, 0.1) is 13.2 Å². The Hall–Kier alpha value is -2.46. The minimum absolute atomic E-state index is 0.306. The van der Waals surface area contributed by atoms with Crippen molar-refractivity contribution < 1.29 is 14.6 Å². The van der Waals surface area contributed by atoms with Crippen LogP contribution in [0, 0.1) is 0 Å². The van der Waals surface area contributed by atoms with Gasteiger partial charge < -0.3 is 20.3 Å². The Bertz CT molecular complexity index is 768. The Morgan fingerprint density at radius 2 is 1.75 bits per heavy atom. The van der Waals surface area contributed by atoms with Gasteiger partial charge in [0.15, 0.2) is 0 Å². The molecule has 3 rings (SSSR count). The van der Waals surface area contributed by atoms with Crippen LogP contribution in [0.2, 0.25) is 0 Å². The first-order valence-corrected chi connectivity index (χ1v) is 10.3. The number of rotatable bonds is 11. The molecule has 0 saturated heterocycles. The van der Waals surface area contributed by atoms with E-state index in [9.17, 15) is 0 Å². The molecule has 0 amide bonds. The van der Waals surface area contributed by atoms with E-state index in [0.717, 1.165) is 67.2 Å². The lowest BCUT2D eigenvalue weighted by molar-refractivity contribution is 0.280. The molecule has 2 aromatic carbocycles. The van der Waals surface area contributed by atoms with E-state index in [1.54, 1.807) is 0 Å². The van der Waals surface area contributed by atoms with Crippen molar-refractivity contribution in [2.45, 2.75) is 44.9 Å². The third-order valence-electron chi connectivity index (χ3n) is 5.05. The highest BCUT2D eigenvalue weighted by Crippen LogP contribution is 2.27. The maximum atomic E-state index is 8.76. The Morgan fingerprint density at radius 3 is 2.54 bits per heavy atom. The van der Waals surface area contributed by atoms with Crippen molar-refractivity contribution in [1.29, 1.82) is 0 Å². The van der Waals surface area contributed by atoms with E-state index < -0.39 is 0 Å². The molecular weight excluding hydrogens is 350 g/mol. The van der Waals surface area contributed by atoms with Gasteiger partial charge in [-0.25, -0.2) is 0 Å². The topological polar surface area (TPSA) is 64.7 Å². The second-order valence-corrected chi connectivity index (χ2v) is 7.28. The second kappa shape index (κ2) is 10.8. The van der Waals surface area contributed by atoms with E-state index in [1.165, 1.54) is 24.8 Å². The standard InChI is InChI=1S/C24H31NO3/c25-23(17-19-7-8-21-13-16-28-24(21)18-19)20-9-11-22(12-10-20)27-15-6-4-2-1-3-5-14-26/h7-12,17-18,26H,1-6,13-16,25H2/b23-17-. The lowest BCUT2D eigenvalue weighted by atomic mass is 10.1. The van der Waals surface area contributed by atoms with Crippen molar-refractivity contribution in [2.75, 3.05) is 19.8 Å². The maximum Gasteiger partial charge on any atom is 0.123 e. The SMILES string of the molecule is N/C(=C\c1ccc2c(c1)OCC2)c1ccc(OCCCCCCCCO)cc1. The van der Waals surface area contributed by atoms with Crippen LogP contribution in [-0.2, 0) is 6.42 Å². The Labute approximate surface area is 168 Å². The minimum atomic E-state index is 0.306. The Morgan fingerprint density at radius 1 is 1.00 bits per heavy atom. The van der Waals surface area contributed by atoms with E-state index >= 15 is 0 Å². The number of benzene rings is 2. The molecule has 3 N–H and O–H groups in total. The van der Waals surface area contributed by atoms with Crippen LogP contribution in [0.25, 0.3) is 11.8 Å². The highest BCUT2D eigenvalue weighted by Gasteiger charge is 2.11. The van der Waals surface area contributed by atoms with E-state index in [4.69, 9.17) is 20.3 Å². The fraction of sp³-hybridized carbons (Fsp3) is 0.417. The second-order valence-electron chi connectivity index (χ2n) is 7.28. The molecule has 4 nitrogen and oxygen atoms in total. The molecule has 1 aliphatic heterocycles. The first-order chi connectivity index (χ1) is 13.8. The number of aliphatic hydroxyl groups is 1. The highest BCUT2D eigenvalue weighted by atomic mass is 16.5. The van der Waals surface area contributed by atoms with E-state index in [-0.39, 0.29) is 0 Å². The summed E-state index contributed by atoms with van der Waals surface area (Å²) in [4.78, 5) is 0. The van der Waals surface area contributed by atoms with Gasteiger partial charge in [-0.2, -0.15) is 0 Å². The molecule has 0 aromatic heterocycles. The van der Waals surface area contributed by atoms with Gasteiger partial charge in [-0.15, -0.1) is 0 Å². The predicted octanol–water partition coefficient (Wildman–Crippen LogP) is 4.79. The summed E-state index contributed by atoms with van der Waals surface area (Å²) in [6, 6.07) is 14.2. The van der Waals surface area contributed by atoms with Gasteiger partial charge in [-0.1, -0.05) is 37.8 Å². The molecule has 0 radical (unpaired) electrons. The fourth-order valence-corrected chi connectivity index (χ4v) is 3.39. The monoisotopic (exact) mass is 381 g/mol. The molecule has 0 spiro atoms. The molecule has 0 saturated carbocycles. The van der Waals surface area contributed by atoms with Crippen LogP contribution >= 0.6 is 0 Å². The van der Waals surface area contributed by atoms with Crippen LogP contribution in [0.5, 0.6) is 11.5 Å². The summed E-state index contributed by atoms with van der Waals surface area (Å²) in [5.41, 5.74) is 10.3. The molecule has 0 fully saturated rings. The van der Waals surface area contributed by atoms with Gasteiger partial charge in [0.1, 0.15) is 11.5 Å². The summed E-state index contributed by atoms with van der Waals surface area (Å²) < 4.78 is 11.4. The van der Waals surface area contributed by atoms with Gasteiger partial charge in [-0.05, 0) is 65.9 Å². The fourth-order valence-electron chi connectivity index (χ4n) is 3.39. The Kier molecular flexibility index (Phi) is 7.80. The molecule has 1 heterocycles. The molecular formula is C24H31NO3. The molecule has 0 aliphatic carbocycles. The molecule has 4 heteroatoms. The first kappa shape index (κ1) is 20.3. The quantitative estimate of drug-likeness (QED) is 0.434. The third-order valence-corrected chi connectivity index (χ3v) is 5.05. The van der Waals surface area contributed by atoms with Gasteiger partial charge in [0.2, 0.25) is 0 Å². The number of hydrogen-bond acceptors (Lipinski definition) is 4.